The number of carbonyl (C=O) groups is 1. The van der Waals surface area contributed by atoms with Gasteiger partial charge in [-0.05, 0) is 25.7 Å². The molecule has 18 heavy (non-hydrogen) atoms. The van der Waals surface area contributed by atoms with Crippen LogP contribution < -0.4 is 5.32 Å². The Morgan fingerprint density at radius 1 is 1.56 bits per heavy atom. The standard InChI is InChI=1S/C12H19N3OS2/c1-8-5-3-4-6-10(8)14-11(16)9(2)18-12-15-13-7-17-12/h7-10H,3-6H2,1-2H3,(H,14,16)/t8-,9-,10+/m1/s1. The van der Waals surface area contributed by atoms with Gasteiger partial charge >= 0.3 is 0 Å². The van der Waals surface area contributed by atoms with Gasteiger partial charge < -0.3 is 5.32 Å². The smallest absolute Gasteiger partial charge is 0.233 e. The van der Waals surface area contributed by atoms with Gasteiger partial charge in [-0.1, -0.05) is 42.9 Å². The van der Waals surface area contributed by atoms with Gasteiger partial charge in [0, 0.05) is 6.04 Å². The van der Waals surface area contributed by atoms with Gasteiger partial charge in [-0.15, -0.1) is 10.2 Å². The molecule has 2 rings (SSSR count). The topological polar surface area (TPSA) is 54.9 Å². The molecule has 0 aliphatic heterocycles. The molecule has 6 heteroatoms. The molecule has 1 heterocycles. The molecule has 1 aliphatic carbocycles. The van der Waals surface area contributed by atoms with Crippen LogP contribution in [-0.4, -0.2) is 27.4 Å². The number of hydrogen-bond acceptors (Lipinski definition) is 5. The lowest BCUT2D eigenvalue weighted by Crippen LogP contribution is -2.44. The first-order chi connectivity index (χ1) is 8.66. The molecule has 100 valence electrons. The lowest BCUT2D eigenvalue weighted by molar-refractivity contribution is -0.121. The summed E-state index contributed by atoms with van der Waals surface area (Å²) in [5.74, 6) is 0.718. The van der Waals surface area contributed by atoms with E-state index in [4.69, 9.17) is 0 Å². The minimum atomic E-state index is -0.105. The molecule has 0 radical (unpaired) electrons. The summed E-state index contributed by atoms with van der Waals surface area (Å²) in [6.07, 6.45) is 4.86. The van der Waals surface area contributed by atoms with Gasteiger partial charge in [0.1, 0.15) is 5.51 Å². The van der Waals surface area contributed by atoms with E-state index in [1.165, 1.54) is 42.4 Å². The van der Waals surface area contributed by atoms with Crippen molar-refractivity contribution in [2.24, 2.45) is 5.92 Å². The third-order valence-corrected chi connectivity index (χ3v) is 5.34. The first kappa shape index (κ1) is 13.8. The van der Waals surface area contributed by atoms with E-state index in [1.54, 1.807) is 5.51 Å². The first-order valence-electron chi connectivity index (χ1n) is 6.40. The van der Waals surface area contributed by atoms with E-state index in [1.807, 2.05) is 6.92 Å². The fourth-order valence-corrected chi connectivity index (χ4v) is 3.88. The number of thioether (sulfide) groups is 1. The van der Waals surface area contributed by atoms with Crippen LogP contribution in [0, 0.1) is 5.92 Å². The van der Waals surface area contributed by atoms with Crippen molar-refractivity contribution in [1.82, 2.24) is 15.5 Å². The average Bonchev–Trinajstić information content (AvgIpc) is 2.84. The molecule has 1 aromatic heterocycles. The Morgan fingerprint density at radius 3 is 3.00 bits per heavy atom. The van der Waals surface area contributed by atoms with Crippen LogP contribution in [0.1, 0.15) is 39.5 Å². The normalized spacial score (nSPS) is 25.7. The van der Waals surface area contributed by atoms with Crippen molar-refractivity contribution in [1.29, 1.82) is 0 Å². The predicted octanol–water partition coefficient (Wildman–Crippen LogP) is 2.71. The number of aromatic nitrogens is 2. The molecule has 3 atom stereocenters. The molecular formula is C12H19N3OS2. The highest BCUT2D eigenvalue weighted by Crippen LogP contribution is 2.26. The predicted molar refractivity (Wildman–Crippen MR) is 74.8 cm³/mol. The van der Waals surface area contributed by atoms with E-state index in [2.05, 4.69) is 22.4 Å². The maximum Gasteiger partial charge on any atom is 0.233 e. The Hall–Kier alpha value is -0.620. The second-order valence-electron chi connectivity index (χ2n) is 4.84. The van der Waals surface area contributed by atoms with Crippen LogP contribution in [0.25, 0.3) is 0 Å². The zero-order chi connectivity index (χ0) is 13.0. The number of rotatable bonds is 4. The fourth-order valence-electron chi connectivity index (χ4n) is 2.25. The third-order valence-electron chi connectivity index (χ3n) is 3.43. The van der Waals surface area contributed by atoms with Crippen LogP contribution in [0.2, 0.25) is 0 Å². The van der Waals surface area contributed by atoms with Crippen molar-refractivity contribution in [3.8, 4) is 0 Å². The Bertz CT molecular complexity index is 383. The maximum absolute atomic E-state index is 12.1. The Kier molecular flexibility index (Phi) is 5.00. The molecule has 1 amide bonds. The van der Waals surface area contributed by atoms with Crippen molar-refractivity contribution in [3.63, 3.8) is 0 Å². The van der Waals surface area contributed by atoms with Crippen molar-refractivity contribution >= 4 is 29.0 Å². The molecule has 1 aromatic rings. The molecule has 0 saturated heterocycles. The van der Waals surface area contributed by atoms with E-state index >= 15 is 0 Å². The van der Waals surface area contributed by atoms with E-state index in [0.29, 0.717) is 12.0 Å². The summed E-state index contributed by atoms with van der Waals surface area (Å²) in [7, 11) is 0. The molecular weight excluding hydrogens is 266 g/mol. The van der Waals surface area contributed by atoms with E-state index in [9.17, 15) is 4.79 Å². The number of nitrogens with one attached hydrogen (secondary N) is 1. The molecule has 1 saturated carbocycles. The van der Waals surface area contributed by atoms with Crippen LogP contribution in [0.15, 0.2) is 9.85 Å². The van der Waals surface area contributed by atoms with Gasteiger partial charge in [-0.2, -0.15) is 0 Å². The summed E-state index contributed by atoms with van der Waals surface area (Å²) in [6, 6.07) is 0.351. The lowest BCUT2D eigenvalue weighted by Gasteiger charge is -2.30. The van der Waals surface area contributed by atoms with Gasteiger partial charge in [0.05, 0.1) is 5.25 Å². The Balaban J connectivity index is 1.83. The maximum atomic E-state index is 12.1. The summed E-state index contributed by atoms with van der Waals surface area (Å²) in [6.45, 7) is 4.15. The SMILES string of the molecule is C[C@@H]1CCCC[C@@H]1NC(=O)[C@@H](C)Sc1nncs1. The van der Waals surface area contributed by atoms with E-state index in [-0.39, 0.29) is 11.2 Å². The minimum absolute atomic E-state index is 0.105. The van der Waals surface area contributed by atoms with Crippen molar-refractivity contribution in [2.45, 2.75) is 55.2 Å². The monoisotopic (exact) mass is 285 g/mol. The molecule has 0 spiro atoms. The van der Waals surface area contributed by atoms with Gasteiger partial charge in [-0.3, -0.25) is 4.79 Å². The van der Waals surface area contributed by atoms with Gasteiger partial charge in [0.25, 0.3) is 0 Å². The Morgan fingerprint density at radius 2 is 2.33 bits per heavy atom. The summed E-state index contributed by atoms with van der Waals surface area (Å²) >= 11 is 2.96. The summed E-state index contributed by atoms with van der Waals surface area (Å²) in [5.41, 5.74) is 1.69. The van der Waals surface area contributed by atoms with Crippen molar-refractivity contribution in [3.05, 3.63) is 5.51 Å². The number of carbonyl (C=O) groups excluding carboxylic acids is 1. The van der Waals surface area contributed by atoms with E-state index < -0.39 is 0 Å². The summed E-state index contributed by atoms with van der Waals surface area (Å²) < 4.78 is 0.856. The molecule has 1 N–H and O–H groups in total. The van der Waals surface area contributed by atoms with Crippen LogP contribution in [0.4, 0.5) is 0 Å². The summed E-state index contributed by atoms with van der Waals surface area (Å²) in [4.78, 5) is 12.1. The number of hydrogen-bond donors (Lipinski definition) is 1. The number of amides is 1. The summed E-state index contributed by atoms with van der Waals surface area (Å²) in [5, 5.41) is 10.8. The van der Waals surface area contributed by atoms with Crippen LogP contribution in [-0.2, 0) is 4.79 Å². The van der Waals surface area contributed by atoms with E-state index in [0.717, 1.165) is 10.8 Å². The highest BCUT2D eigenvalue weighted by molar-refractivity contribution is 8.02. The average molecular weight is 285 g/mol. The van der Waals surface area contributed by atoms with Crippen LogP contribution >= 0.6 is 23.1 Å². The zero-order valence-corrected chi connectivity index (χ0v) is 12.4. The van der Waals surface area contributed by atoms with Crippen molar-refractivity contribution < 1.29 is 4.79 Å². The lowest BCUT2D eigenvalue weighted by atomic mass is 9.86. The highest BCUT2D eigenvalue weighted by atomic mass is 32.2. The zero-order valence-electron chi connectivity index (χ0n) is 10.8. The molecule has 0 unspecified atom stereocenters. The Labute approximate surface area is 116 Å². The molecule has 4 nitrogen and oxygen atoms in total. The molecule has 1 fully saturated rings. The van der Waals surface area contributed by atoms with Crippen LogP contribution in [0.5, 0.6) is 0 Å². The largest absolute Gasteiger partial charge is 0.352 e. The quantitative estimate of drug-likeness (QED) is 0.864. The number of nitrogens with zero attached hydrogens (tertiary/aromatic N) is 2. The van der Waals surface area contributed by atoms with Gasteiger partial charge in [0.15, 0.2) is 4.34 Å². The molecule has 1 aliphatic rings. The fraction of sp³-hybridized carbons (Fsp3) is 0.750. The molecule has 0 aromatic carbocycles. The third kappa shape index (κ3) is 3.68. The van der Waals surface area contributed by atoms with Crippen LogP contribution in [0.3, 0.4) is 0 Å². The first-order valence-corrected chi connectivity index (χ1v) is 8.16. The minimum Gasteiger partial charge on any atom is -0.352 e. The second-order valence-corrected chi connectivity index (χ2v) is 7.26. The second kappa shape index (κ2) is 6.52. The van der Waals surface area contributed by atoms with Crippen molar-refractivity contribution in [2.75, 3.05) is 0 Å². The van der Waals surface area contributed by atoms with Gasteiger partial charge in [-0.25, -0.2) is 0 Å². The highest BCUT2D eigenvalue weighted by Gasteiger charge is 2.25. The molecule has 0 bridgehead atoms. The van der Waals surface area contributed by atoms with Gasteiger partial charge in [0.2, 0.25) is 5.91 Å².